The topological polar surface area (TPSA) is 75.7 Å². The molecule has 0 aliphatic carbocycles. The molecule has 0 saturated heterocycles. The Balaban J connectivity index is 3.07. The summed E-state index contributed by atoms with van der Waals surface area (Å²) in [6, 6.07) is 6.66. The van der Waals surface area contributed by atoms with E-state index in [1.54, 1.807) is 43.0 Å². The highest BCUT2D eigenvalue weighted by atomic mass is 32.2. The van der Waals surface area contributed by atoms with Gasteiger partial charge in [0.25, 0.3) is 0 Å². The average Bonchev–Trinajstić information content (AvgIpc) is 2.44. The molecular weight excluding hydrogens is 328 g/mol. The summed E-state index contributed by atoms with van der Waals surface area (Å²) >= 11 is 0. The van der Waals surface area contributed by atoms with Crippen LogP contribution in [0, 0.1) is 0 Å². The van der Waals surface area contributed by atoms with Gasteiger partial charge in [0.2, 0.25) is 0 Å². The molecule has 0 bridgehead atoms. The summed E-state index contributed by atoms with van der Waals surface area (Å²) in [7, 11) is -3.69. The van der Waals surface area contributed by atoms with Crippen LogP contribution in [0.25, 0.3) is 0 Å². The molecule has 1 aromatic rings. The minimum Gasteiger partial charge on any atom is -0.382 e. The molecule has 24 heavy (non-hydrogen) atoms. The summed E-state index contributed by atoms with van der Waals surface area (Å²) in [5.41, 5.74) is 0.648. The van der Waals surface area contributed by atoms with Crippen molar-refractivity contribution in [3.63, 3.8) is 0 Å². The Kier molecular flexibility index (Phi) is 7.08. The van der Waals surface area contributed by atoms with Gasteiger partial charge in [0.15, 0.2) is 0 Å². The zero-order chi connectivity index (χ0) is 18.5. The van der Waals surface area contributed by atoms with Crippen molar-refractivity contribution in [2.45, 2.75) is 65.4 Å². The van der Waals surface area contributed by atoms with Crippen molar-refractivity contribution in [2.24, 2.45) is 0 Å². The standard InChI is InChI=1S/C17H28N2O4S/c1-12(2)18-17(20)19(13(3)4)11-15-9-7-8-10-16(15)23-24(21,22)14(5)6/h7-10,12-14H,11H2,1-6H3,(H,18,20). The third kappa shape index (κ3) is 5.70. The van der Waals surface area contributed by atoms with Crippen molar-refractivity contribution < 1.29 is 17.4 Å². The second-order valence-electron chi connectivity index (χ2n) is 6.56. The molecule has 0 radical (unpaired) electrons. The van der Waals surface area contributed by atoms with Crippen molar-refractivity contribution >= 4 is 16.1 Å². The number of rotatable bonds is 7. The number of hydrogen-bond donors (Lipinski definition) is 1. The number of carbonyl (C=O) groups excluding carboxylic acids is 1. The first-order valence-electron chi connectivity index (χ1n) is 8.13. The van der Waals surface area contributed by atoms with E-state index < -0.39 is 15.4 Å². The molecule has 0 aromatic heterocycles. The lowest BCUT2D eigenvalue weighted by atomic mass is 10.1. The Morgan fingerprint density at radius 2 is 1.71 bits per heavy atom. The average molecular weight is 356 g/mol. The van der Waals surface area contributed by atoms with Crippen molar-refractivity contribution in [1.29, 1.82) is 0 Å². The molecule has 7 heteroatoms. The van der Waals surface area contributed by atoms with Crippen LogP contribution in [0.4, 0.5) is 4.79 Å². The van der Waals surface area contributed by atoms with E-state index in [4.69, 9.17) is 4.18 Å². The molecule has 1 N–H and O–H groups in total. The maximum absolute atomic E-state index is 12.4. The van der Waals surface area contributed by atoms with E-state index in [9.17, 15) is 13.2 Å². The summed E-state index contributed by atoms with van der Waals surface area (Å²) in [5.74, 6) is 0.259. The first-order valence-corrected chi connectivity index (χ1v) is 9.60. The van der Waals surface area contributed by atoms with E-state index in [2.05, 4.69) is 5.32 Å². The minimum atomic E-state index is -3.69. The summed E-state index contributed by atoms with van der Waals surface area (Å²) in [6.45, 7) is 11.0. The molecule has 0 aliphatic rings. The van der Waals surface area contributed by atoms with Gasteiger partial charge in [-0.2, -0.15) is 8.42 Å². The van der Waals surface area contributed by atoms with Gasteiger partial charge >= 0.3 is 16.1 Å². The molecule has 0 aliphatic heterocycles. The van der Waals surface area contributed by atoms with Crippen LogP contribution < -0.4 is 9.50 Å². The maximum atomic E-state index is 12.4. The molecule has 2 amide bonds. The lowest BCUT2D eigenvalue weighted by Crippen LogP contribution is -2.45. The molecule has 0 saturated carbocycles. The van der Waals surface area contributed by atoms with Crippen LogP contribution in [-0.2, 0) is 16.7 Å². The quantitative estimate of drug-likeness (QED) is 0.762. The summed E-state index contributed by atoms with van der Waals surface area (Å²) in [4.78, 5) is 14.0. The van der Waals surface area contributed by atoms with Crippen molar-refractivity contribution in [3.05, 3.63) is 29.8 Å². The van der Waals surface area contributed by atoms with Gasteiger partial charge in [-0.1, -0.05) is 18.2 Å². The van der Waals surface area contributed by atoms with Gasteiger partial charge in [0.1, 0.15) is 5.75 Å². The fourth-order valence-corrected chi connectivity index (χ4v) is 2.54. The highest BCUT2D eigenvalue weighted by Crippen LogP contribution is 2.23. The van der Waals surface area contributed by atoms with Gasteiger partial charge in [-0.05, 0) is 47.6 Å². The number of carbonyl (C=O) groups is 1. The highest BCUT2D eigenvalue weighted by Gasteiger charge is 2.23. The monoisotopic (exact) mass is 356 g/mol. The van der Waals surface area contributed by atoms with Crippen LogP contribution in [0.1, 0.15) is 47.1 Å². The van der Waals surface area contributed by atoms with E-state index in [1.807, 2.05) is 27.7 Å². The molecule has 136 valence electrons. The van der Waals surface area contributed by atoms with Crippen LogP contribution in [0.3, 0.4) is 0 Å². The van der Waals surface area contributed by atoms with Gasteiger partial charge in [-0.25, -0.2) is 4.79 Å². The molecule has 0 unspecified atom stereocenters. The van der Waals surface area contributed by atoms with Gasteiger partial charge in [0.05, 0.1) is 11.8 Å². The number of amides is 2. The number of nitrogens with one attached hydrogen (secondary N) is 1. The molecule has 0 fully saturated rings. The Morgan fingerprint density at radius 1 is 1.12 bits per heavy atom. The lowest BCUT2D eigenvalue weighted by molar-refractivity contribution is 0.177. The predicted octanol–water partition coefficient (Wildman–Crippen LogP) is 3.13. The predicted molar refractivity (Wildman–Crippen MR) is 95.5 cm³/mol. The van der Waals surface area contributed by atoms with Crippen LogP contribution >= 0.6 is 0 Å². The Bertz CT molecular complexity index is 654. The summed E-state index contributed by atoms with van der Waals surface area (Å²) in [6.07, 6.45) is 0. The smallest absolute Gasteiger partial charge is 0.318 e. The zero-order valence-electron chi connectivity index (χ0n) is 15.2. The Morgan fingerprint density at radius 3 is 2.21 bits per heavy atom. The van der Waals surface area contributed by atoms with Crippen molar-refractivity contribution in [1.82, 2.24) is 10.2 Å². The molecule has 0 heterocycles. The van der Waals surface area contributed by atoms with E-state index in [0.29, 0.717) is 5.56 Å². The van der Waals surface area contributed by atoms with Crippen LogP contribution in [-0.4, -0.2) is 36.7 Å². The minimum absolute atomic E-state index is 0.0200. The summed E-state index contributed by atoms with van der Waals surface area (Å²) in [5, 5.41) is 2.22. The fourth-order valence-electron chi connectivity index (χ4n) is 1.94. The molecule has 1 rings (SSSR count). The van der Waals surface area contributed by atoms with E-state index in [0.717, 1.165) is 0 Å². The molecular formula is C17H28N2O4S. The van der Waals surface area contributed by atoms with Gasteiger partial charge in [-0.15, -0.1) is 0 Å². The number of para-hydroxylation sites is 1. The SMILES string of the molecule is CC(C)NC(=O)N(Cc1ccccc1OS(=O)(=O)C(C)C)C(C)C. The van der Waals surface area contributed by atoms with E-state index in [1.165, 1.54) is 0 Å². The molecule has 0 spiro atoms. The fraction of sp³-hybridized carbons (Fsp3) is 0.588. The normalized spacial score (nSPS) is 11.9. The second-order valence-corrected chi connectivity index (χ2v) is 8.65. The van der Waals surface area contributed by atoms with Crippen LogP contribution in [0.2, 0.25) is 0 Å². The maximum Gasteiger partial charge on any atom is 0.318 e. The van der Waals surface area contributed by atoms with Gasteiger partial charge < -0.3 is 14.4 Å². The number of nitrogens with zero attached hydrogens (tertiary/aromatic N) is 1. The lowest BCUT2D eigenvalue weighted by Gasteiger charge is -2.28. The Labute approximate surface area is 145 Å². The van der Waals surface area contributed by atoms with Crippen LogP contribution in [0.5, 0.6) is 5.75 Å². The van der Waals surface area contributed by atoms with Gasteiger partial charge in [-0.3, -0.25) is 0 Å². The first-order chi connectivity index (χ1) is 11.0. The first kappa shape index (κ1) is 20.3. The number of hydrogen-bond acceptors (Lipinski definition) is 4. The van der Waals surface area contributed by atoms with E-state index in [-0.39, 0.29) is 30.4 Å². The molecule has 1 aromatic carbocycles. The Hall–Kier alpha value is -1.76. The van der Waals surface area contributed by atoms with Crippen molar-refractivity contribution in [2.75, 3.05) is 0 Å². The van der Waals surface area contributed by atoms with Crippen LogP contribution in [0.15, 0.2) is 24.3 Å². The van der Waals surface area contributed by atoms with Gasteiger partial charge in [0, 0.05) is 17.6 Å². The highest BCUT2D eigenvalue weighted by molar-refractivity contribution is 7.87. The third-order valence-electron chi connectivity index (χ3n) is 3.39. The number of urea groups is 1. The zero-order valence-corrected chi connectivity index (χ0v) is 16.1. The largest absolute Gasteiger partial charge is 0.382 e. The molecule has 0 atom stereocenters. The van der Waals surface area contributed by atoms with E-state index >= 15 is 0 Å². The second kappa shape index (κ2) is 8.37. The van der Waals surface area contributed by atoms with Crippen molar-refractivity contribution in [3.8, 4) is 5.75 Å². The molecule has 6 nitrogen and oxygen atoms in total. The summed E-state index contributed by atoms with van der Waals surface area (Å²) < 4.78 is 29.3. The third-order valence-corrected chi connectivity index (χ3v) is 4.96. The number of benzene rings is 1.